The molecule has 1 nitrogen and oxygen atoms in total. The second-order valence-electron chi connectivity index (χ2n) is 3.33. The molecule has 1 aromatic heterocycles. The standard InChI is InChI=1S/C11H9Br2N/c1-6-5-9-8(11(13)7(6)2)3-4-10(12)14-9/h3-5H,1-2H3. The van der Waals surface area contributed by atoms with Gasteiger partial charge in [-0.3, -0.25) is 0 Å². The van der Waals surface area contributed by atoms with Crippen molar-refractivity contribution in [1.82, 2.24) is 4.98 Å². The average Bonchev–Trinajstić information content (AvgIpc) is 2.14. The molecular formula is C11H9Br2N. The van der Waals surface area contributed by atoms with Crippen LogP contribution in [0.2, 0.25) is 0 Å². The maximum atomic E-state index is 4.43. The van der Waals surface area contributed by atoms with Crippen molar-refractivity contribution < 1.29 is 0 Å². The van der Waals surface area contributed by atoms with Gasteiger partial charge in [-0.05, 0) is 75.0 Å². The molecule has 0 aliphatic heterocycles. The summed E-state index contributed by atoms with van der Waals surface area (Å²) in [5, 5.41) is 1.16. The van der Waals surface area contributed by atoms with E-state index in [0.29, 0.717) is 0 Å². The molecule has 0 spiro atoms. The highest BCUT2D eigenvalue weighted by Crippen LogP contribution is 2.29. The third-order valence-corrected chi connectivity index (χ3v) is 3.86. The van der Waals surface area contributed by atoms with Crippen molar-refractivity contribution in [3.05, 3.63) is 38.4 Å². The van der Waals surface area contributed by atoms with Crippen LogP contribution in [0, 0.1) is 13.8 Å². The van der Waals surface area contributed by atoms with E-state index in [9.17, 15) is 0 Å². The van der Waals surface area contributed by atoms with E-state index in [2.05, 4.69) is 62.8 Å². The summed E-state index contributed by atoms with van der Waals surface area (Å²) in [5.41, 5.74) is 3.56. The van der Waals surface area contributed by atoms with E-state index >= 15 is 0 Å². The van der Waals surface area contributed by atoms with Crippen LogP contribution in [0.15, 0.2) is 27.3 Å². The highest BCUT2D eigenvalue weighted by atomic mass is 79.9. The molecule has 2 aromatic rings. The highest BCUT2D eigenvalue weighted by molar-refractivity contribution is 9.11. The number of aryl methyl sites for hydroxylation is 1. The zero-order valence-electron chi connectivity index (χ0n) is 7.94. The van der Waals surface area contributed by atoms with E-state index in [4.69, 9.17) is 0 Å². The normalized spacial score (nSPS) is 10.9. The van der Waals surface area contributed by atoms with Gasteiger partial charge in [0, 0.05) is 9.86 Å². The lowest BCUT2D eigenvalue weighted by Crippen LogP contribution is -1.88. The number of halogens is 2. The van der Waals surface area contributed by atoms with Crippen LogP contribution >= 0.6 is 31.9 Å². The maximum Gasteiger partial charge on any atom is 0.106 e. The van der Waals surface area contributed by atoms with E-state index in [1.807, 2.05) is 6.07 Å². The minimum atomic E-state index is 0.875. The Labute approximate surface area is 99.8 Å². The van der Waals surface area contributed by atoms with Gasteiger partial charge in [-0.2, -0.15) is 0 Å². The van der Waals surface area contributed by atoms with Crippen molar-refractivity contribution in [2.45, 2.75) is 13.8 Å². The molecule has 0 saturated heterocycles. The average molecular weight is 315 g/mol. The number of pyridine rings is 1. The first-order valence-corrected chi connectivity index (χ1v) is 5.90. The Bertz CT molecular complexity index is 506. The Morgan fingerprint density at radius 3 is 2.57 bits per heavy atom. The van der Waals surface area contributed by atoms with Gasteiger partial charge in [-0.15, -0.1) is 0 Å². The van der Waals surface area contributed by atoms with Gasteiger partial charge in [-0.25, -0.2) is 4.98 Å². The monoisotopic (exact) mass is 313 g/mol. The fraction of sp³-hybridized carbons (Fsp3) is 0.182. The predicted octanol–water partition coefficient (Wildman–Crippen LogP) is 4.38. The Morgan fingerprint density at radius 2 is 1.86 bits per heavy atom. The van der Waals surface area contributed by atoms with Gasteiger partial charge in [0.2, 0.25) is 0 Å². The second kappa shape index (κ2) is 3.63. The van der Waals surface area contributed by atoms with E-state index in [0.717, 1.165) is 20.0 Å². The molecule has 72 valence electrons. The maximum absolute atomic E-state index is 4.43. The Kier molecular flexibility index (Phi) is 2.62. The summed E-state index contributed by atoms with van der Waals surface area (Å²) in [6.45, 7) is 4.21. The lowest BCUT2D eigenvalue weighted by Gasteiger charge is -2.07. The molecular weight excluding hydrogens is 306 g/mol. The molecule has 0 fully saturated rings. The first-order valence-electron chi connectivity index (χ1n) is 4.31. The smallest absolute Gasteiger partial charge is 0.106 e. The van der Waals surface area contributed by atoms with Crippen LogP contribution in [-0.2, 0) is 0 Å². The SMILES string of the molecule is Cc1cc2nc(Br)ccc2c(Br)c1C. The Hall–Kier alpha value is -0.410. The second-order valence-corrected chi connectivity index (χ2v) is 4.94. The molecule has 0 radical (unpaired) electrons. The van der Waals surface area contributed by atoms with Gasteiger partial charge >= 0.3 is 0 Å². The third kappa shape index (κ3) is 1.59. The van der Waals surface area contributed by atoms with Crippen molar-refractivity contribution in [3.8, 4) is 0 Å². The Morgan fingerprint density at radius 1 is 1.14 bits per heavy atom. The number of rotatable bonds is 0. The predicted molar refractivity (Wildman–Crippen MR) is 66.6 cm³/mol. The van der Waals surface area contributed by atoms with E-state index in [1.165, 1.54) is 11.1 Å². The highest BCUT2D eigenvalue weighted by Gasteiger charge is 2.06. The first kappa shape index (κ1) is 10.1. The van der Waals surface area contributed by atoms with Gasteiger partial charge in [0.25, 0.3) is 0 Å². The molecule has 1 heterocycles. The van der Waals surface area contributed by atoms with Gasteiger partial charge in [0.1, 0.15) is 4.60 Å². The molecule has 0 saturated carbocycles. The van der Waals surface area contributed by atoms with Gasteiger partial charge in [-0.1, -0.05) is 0 Å². The number of fused-ring (bicyclic) bond motifs is 1. The molecule has 1 aromatic carbocycles. The van der Waals surface area contributed by atoms with E-state index in [1.54, 1.807) is 0 Å². The zero-order valence-corrected chi connectivity index (χ0v) is 11.1. The molecule has 0 unspecified atom stereocenters. The lowest BCUT2D eigenvalue weighted by atomic mass is 10.1. The van der Waals surface area contributed by atoms with Crippen molar-refractivity contribution in [1.29, 1.82) is 0 Å². The van der Waals surface area contributed by atoms with Crippen LogP contribution in [-0.4, -0.2) is 4.98 Å². The number of hydrogen-bond acceptors (Lipinski definition) is 1. The molecule has 0 atom stereocenters. The van der Waals surface area contributed by atoms with Crippen molar-refractivity contribution >= 4 is 42.8 Å². The molecule has 0 N–H and O–H groups in total. The zero-order chi connectivity index (χ0) is 10.3. The minimum absolute atomic E-state index is 0.875. The topological polar surface area (TPSA) is 12.9 Å². The van der Waals surface area contributed by atoms with Crippen LogP contribution < -0.4 is 0 Å². The summed E-state index contributed by atoms with van der Waals surface area (Å²) in [5.74, 6) is 0. The minimum Gasteiger partial charge on any atom is -0.241 e. The lowest BCUT2D eigenvalue weighted by molar-refractivity contribution is 1.29. The quantitative estimate of drug-likeness (QED) is 0.658. The van der Waals surface area contributed by atoms with E-state index < -0.39 is 0 Å². The molecule has 0 aliphatic carbocycles. The number of aromatic nitrogens is 1. The van der Waals surface area contributed by atoms with Gasteiger partial charge < -0.3 is 0 Å². The summed E-state index contributed by atoms with van der Waals surface area (Å²) in [7, 11) is 0. The van der Waals surface area contributed by atoms with Crippen LogP contribution in [0.5, 0.6) is 0 Å². The van der Waals surface area contributed by atoms with Gasteiger partial charge in [0.05, 0.1) is 5.52 Å². The molecule has 14 heavy (non-hydrogen) atoms. The Balaban J connectivity index is 2.91. The fourth-order valence-corrected chi connectivity index (χ4v) is 2.41. The molecule has 0 amide bonds. The van der Waals surface area contributed by atoms with Crippen LogP contribution in [0.4, 0.5) is 0 Å². The molecule has 0 bridgehead atoms. The molecule has 3 heteroatoms. The van der Waals surface area contributed by atoms with Crippen LogP contribution in [0.3, 0.4) is 0 Å². The van der Waals surface area contributed by atoms with Crippen molar-refractivity contribution in [2.24, 2.45) is 0 Å². The van der Waals surface area contributed by atoms with Crippen molar-refractivity contribution in [3.63, 3.8) is 0 Å². The van der Waals surface area contributed by atoms with Gasteiger partial charge in [0.15, 0.2) is 0 Å². The molecule has 2 rings (SSSR count). The van der Waals surface area contributed by atoms with Crippen LogP contribution in [0.1, 0.15) is 11.1 Å². The summed E-state index contributed by atoms with van der Waals surface area (Å²) in [6, 6.07) is 6.14. The first-order chi connectivity index (χ1) is 6.59. The number of nitrogens with zero attached hydrogens (tertiary/aromatic N) is 1. The summed E-state index contributed by atoms with van der Waals surface area (Å²) in [6.07, 6.45) is 0. The van der Waals surface area contributed by atoms with E-state index in [-0.39, 0.29) is 0 Å². The fourth-order valence-electron chi connectivity index (χ4n) is 1.43. The largest absolute Gasteiger partial charge is 0.241 e. The van der Waals surface area contributed by atoms with Crippen molar-refractivity contribution in [2.75, 3.05) is 0 Å². The van der Waals surface area contributed by atoms with Crippen LogP contribution in [0.25, 0.3) is 10.9 Å². The summed E-state index contributed by atoms with van der Waals surface area (Å²) < 4.78 is 2.02. The summed E-state index contributed by atoms with van der Waals surface area (Å²) >= 11 is 6.97. The summed E-state index contributed by atoms with van der Waals surface area (Å²) in [4.78, 5) is 4.43. The molecule has 0 aliphatic rings. The third-order valence-electron chi connectivity index (χ3n) is 2.40. The number of hydrogen-bond donors (Lipinski definition) is 0. The number of benzene rings is 1.